The quantitative estimate of drug-likeness (QED) is 0.194. The molecule has 4 aromatic carbocycles. The van der Waals surface area contributed by atoms with Gasteiger partial charge in [-0.05, 0) is 106 Å². The zero-order valence-corrected chi connectivity index (χ0v) is 32.3. The highest BCUT2D eigenvalue weighted by Gasteiger charge is 2.27. The third-order valence-corrected chi connectivity index (χ3v) is 8.11. The summed E-state index contributed by atoms with van der Waals surface area (Å²) in [7, 11) is 3.22. The number of aliphatic imine (C=N–C) groups is 1. The molecule has 0 saturated carbocycles. The van der Waals surface area contributed by atoms with Crippen molar-refractivity contribution in [1.29, 1.82) is 0 Å². The first-order chi connectivity index (χ1) is 24.2. The van der Waals surface area contributed by atoms with E-state index >= 15 is 0 Å². The maximum atomic E-state index is 12.4. The minimum Gasteiger partial charge on any atom is -0.497 e. The number of anilines is 2. The van der Waals surface area contributed by atoms with Gasteiger partial charge in [0, 0.05) is 15.6 Å². The van der Waals surface area contributed by atoms with Crippen LogP contribution in [0.3, 0.4) is 0 Å². The molecule has 0 bridgehead atoms. The SMILES string of the molecule is COc1ccc(CN2C(=O)CN=C(Cl)c3cc(Cl)ccc32)cc1.COc1ccc(CN2C(=O)CNC(=O)c3cc(Cl)ccc32)cc1.O=P(Cl)(Cl)Cl. The number of nitrogens with one attached hydrogen (secondary N) is 1. The smallest absolute Gasteiger partial charge is 0.339 e. The van der Waals surface area contributed by atoms with Gasteiger partial charge in [-0.15, -0.1) is 0 Å². The largest absolute Gasteiger partial charge is 0.497 e. The zero-order valence-electron chi connectivity index (χ0n) is 26.9. The molecule has 0 fully saturated rings. The average Bonchev–Trinajstić information content (AvgIpc) is 3.28. The molecule has 0 saturated heterocycles. The minimum atomic E-state index is -3.22. The first-order valence-electron chi connectivity index (χ1n) is 14.8. The van der Waals surface area contributed by atoms with Crippen molar-refractivity contribution >= 4 is 108 Å². The lowest BCUT2D eigenvalue weighted by Gasteiger charge is -2.23. The molecule has 1 N–H and O–H groups in total. The van der Waals surface area contributed by atoms with E-state index in [4.69, 9.17) is 44.3 Å². The van der Waals surface area contributed by atoms with Crippen molar-refractivity contribution < 1.29 is 28.4 Å². The Balaban J connectivity index is 0.000000202. The van der Waals surface area contributed by atoms with Gasteiger partial charge in [0.15, 0.2) is 0 Å². The van der Waals surface area contributed by atoms with Gasteiger partial charge in [-0.1, -0.05) is 59.1 Å². The molecular formula is C34H29Cl6N4O6P. The van der Waals surface area contributed by atoms with Crippen LogP contribution in [0.15, 0.2) is 89.9 Å². The summed E-state index contributed by atoms with van der Waals surface area (Å²) in [6.07, 6.45) is 0. The van der Waals surface area contributed by atoms with Crippen molar-refractivity contribution in [2.24, 2.45) is 4.99 Å². The number of halogens is 6. The predicted octanol–water partition coefficient (Wildman–Crippen LogP) is 9.32. The molecule has 0 atom stereocenters. The lowest BCUT2D eigenvalue weighted by molar-refractivity contribution is -0.118. The zero-order chi connectivity index (χ0) is 37.3. The Kier molecular flexibility index (Phi) is 14.5. The van der Waals surface area contributed by atoms with Crippen LogP contribution in [0.25, 0.3) is 0 Å². The summed E-state index contributed by atoms with van der Waals surface area (Å²) in [5, 5.41) is 0.688. The lowest BCUT2D eigenvalue weighted by Crippen LogP contribution is -2.36. The molecule has 268 valence electrons. The number of methoxy groups -OCH3 is 2. The van der Waals surface area contributed by atoms with E-state index in [1.54, 1.807) is 60.4 Å². The number of benzodiazepines with no additional fused rings is 1. The lowest BCUT2D eigenvalue weighted by atomic mass is 10.1. The highest BCUT2D eigenvalue weighted by Crippen LogP contribution is 2.61. The van der Waals surface area contributed by atoms with Crippen LogP contribution in [-0.2, 0) is 27.2 Å². The third-order valence-electron chi connectivity index (χ3n) is 7.32. The summed E-state index contributed by atoms with van der Waals surface area (Å²) in [6, 6.07) is 25.2. The fourth-order valence-corrected chi connectivity index (χ4v) is 5.49. The molecular weight excluding hydrogens is 804 g/mol. The normalized spacial score (nSPS) is 13.9. The number of amides is 3. The summed E-state index contributed by atoms with van der Waals surface area (Å²) in [6.45, 7) is 0.770. The highest BCUT2D eigenvalue weighted by molar-refractivity contribution is 8.24. The maximum absolute atomic E-state index is 12.4. The van der Waals surface area contributed by atoms with E-state index in [9.17, 15) is 18.9 Å². The summed E-state index contributed by atoms with van der Waals surface area (Å²) in [5.74, 6) is 0.942. The Bertz CT molecular complexity index is 1960. The van der Waals surface area contributed by atoms with Crippen LogP contribution in [0.5, 0.6) is 11.5 Å². The van der Waals surface area contributed by atoms with Crippen LogP contribution in [0, 0.1) is 0 Å². The molecule has 17 heteroatoms. The number of nitrogens with zero attached hydrogens (tertiary/aromatic N) is 3. The topological polar surface area (TPSA) is 118 Å². The number of hydrogen-bond acceptors (Lipinski definition) is 7. The molecule has 2 aliphatic rings. The van der Waals surface area contributed by atoms with Crippen molar-refractivity contribution in [3.8, 4) is 11.5 Å². The van der Waals surface area contributed by atoms with Gasteiger partial charge in [-0.3, -0.25) is 23.9 Å². The Hall–Kier alpha value is -3.47. The summed E-state index contributed by atoms with van der Waals surface area (Å²) < 4.78 is 19.8. The number of fused-ring (bicyclic) bond motifs is 2. The molecule has 0 aliphatic carbocycles. The van der Waals surface area contributed by atoms with E-state index in [0.29, 0.717) is 50.8 Å². The highest BCUT2D eigenvalue weighted by atomic mass is 36.0. The molecule has 10 nitrogen and oxygen atoms in total. The van der Waals surface area contributed by atoms with Crippen LogP contribution in [-0.4, -0.2) is 50.2 Å². The molecule has 3 amide bonds. The van der Waals surface area contributed by atoms with Crippen molar-refractivity contribution in [2.45, 2.75) is 13.1 Å². The van der Waals surface area contributed by atoms with Crippen molar-refractivity contribution in [2.75, 3.05) is 37.1 Å². The number of hydrogen-bond donors (Lipinski definition) is 1. The second-order valence-electron chi connectivity index (χ2n) is 10.7. The maximum Gasteiger partial charge on any atom is 0.339 e. The molecule has 4 aromatic rings. The van der Waals surface area contributed by atoms with Crippen LogP contribution in [0.4, 0.5) is 11.4 Å². The summed E-state index contributed by atoms with van der Waals surface area (Å²) >= 11 is 32.1. The molecule has 0 spiro atoms. The molecule has 2 aliphatic heterocycles. The van der Waals surface area contributed by atoms with Crippen LogP contribution in [0.1, 0.15) is 27.0 Å². The Morgan fingerprint density at radius 3 is 1.59 bits per heavy atom. The monoisotopic (exact) mass is 830 g/mol. The second-order valence-corrected chi connectivity index (χ2v) is 18.5. The molecule has 51 heavy (non-hydrogen) atoms. The van der Waals surface area contributed by atoms with Crippen molar-refractivity contribution in [1.82, 2.24) is 5.32 Å². The van der Waals surface area contributed by atoms with E-state index in [2.05, 4.69) is 44.0 Å². The minimum absolute atomic E-state index is 0.0152. The van der Waals surface area contributed by atoms with Gasteiger partial charge in [-0.25, -0.2) is 0 Å². The Morgan fingerprint density at radius 1 is 0.686 bits per heavy atom. The van der Waals surface area contributed by atoms with Gasteiger partial charge in [0.25, 0.3) is 5.91 Å². The standard InChI is InChI=1S/C17H14Cl2N2O2.C17H15ClN2O3.Cl3OP/c1-23-13-5-2-11(3-6-13)10-21-15-7-4-12(18)8-14(15)17(19)20-9-16(21)22;1-23-13-5-2-11(3-6-13)10-20-15-7-4-12(18)8-14(15)17(22)19-9-16(20)21;1-5(2,3)4/h2-8H,9-10H2,1H3;2-8H,9-10H2,1H3,(H,19,22);. The second kappa shape index (κ2) is 18.3. The number of benzene rings is 4. The first kappa shape index (κ1) is 40.3. The molecule has 0 aromatic heterocycles. The van der Waals surface area contributed by atoms with Gasteiger partial charge in [0.1, 0.15) is 23.2 Å². The third kappa shape index (κ3) is 11.8. The first-order valence-corrected chi connectivity index (χ1v) is 20.4. The van der Waals surface area contributed by atoms with E-state index < -0.39 is 5.20 Å². The molecule has 2 heterocycles. The van der Waals surface area contributed by atoms with Gasteiger partial charge < -0.3 is 24.6 Å². The fourth-order valence-electron chi connectivity index (χ4n) is 4.93. The summed E-state index contributed by atoms with van der Waals surface area (Å²) in [5.41, 5.74) is 4.26. The number of ether oxygens (including phenoxy) is 2. The average molecular weight is 833 g/mol. The van der Waals surface area contributed by atoms with Gasteiger partial charge in [-0.2, -0.15) is 0 Å². The molecule has 0 radical (unpaired) electrons. The van der Waals surface area contributed by atoms with Crippen LogP contribution >= 0.6 is 73.7 Å². The fraction of sp³-hybridized carbons (Fsp3) is 0.176. The predicted molar refractivity (Wildman–Crippen MR) is 206 cm³/mol. The van der Waals surface area contributed by atoms with Crippen LogP contribution < -0.4 is 24.6 Å². The van der Waals surface area contributed by atoms with E-state index in [1.165, 1.54) is 0 Å². The van der Waals surface area contributed by atoms with E-state index in [-0.39, 0.29) is 30.8 Å². The number of carbonyl (C=O) groups excluding carboxylic acids is 3. The van der Waals surface area contributed by atoms with Crippen molar-refractivity contribution in [3.05, 3.63) is 117 Å². The Morgan fingerprint density at radius 2 is 1.12 bits per heavy atom. The number of carbonyl (C=O) groups is 3. The Labute approximate surface area is 323 Å². The van der Waals surface area contributed by atoms with Crippen LogP contribution in [0.2, 0.25) is 10.0 Å². The van der Waals surface area contributed by atoms with Gasteiger partial charge in [0.05, 0.1) is 50.8 Å². The van der Waals surface area contributed by atoms with Gasteiger partial charge in [0.2, 0.25) is 11.8 Å². The van der Waals surface area contributed by atoms with Crippen molar-refractivity contribution in [3.63, 3.8) is 0 Å². The summed E-state index contributed by atoms with van der Waals surface area (Å²) in [4.78, 5) is 44.3. The van der Waals surface area contributed by atoms with E-state index in [1.807, 2.05) is 48.5 Å². The number of rotatable bonds is 6. The van der Waals surface area contributed by atoms with E-state index in [0.717, 1.165) is 22.6 Å². The molecule has 0 unspecified atom stereocenters. The van der Waals surface area contributed by atoms with Gasteiger partial charge >= 0.3 is 5.20 Å². The molecule has 6 rings (SSSR count).